The first kappa shape index (κ1) is 21.1. The van der Waals surface area contributed by atoms with Gasteiger partial charge in [0.05, 0.1) is 18.1 Å². The fourth-order valence-electron chi connectivity index (χ4n) is 3.14. The summed E-state index contributed by atoms with van der Waals surface area (Å²) in [4.78, 5) is 12.5. The van der Waals surface area contributed by atoms with E-state index in [1.807, 2.05) is 6.92 Å². The highest BCUT2D eigenvalue weighted by Crippen LogP contribution is 2.21. The number of hydrogen-bond acceptors (Lipinski definition) is 5. The van der Waals surface area contributed by atoms with E-state index in [0.717, 1.165) is 5.56 Å². The number of carbonyl (C=O) groups excluding carboxylic acids is 1. The van der Waals surface area contributed by atoms with Crippen molar-refractivity contribution < 1.29 is 17.9 Å². The molecule has 1 amide bonds. The van der Waals surface area contributed by atoms with Gasteiger partial charge in [-0.15, -0.1) is 12.4 Å². The Morgan fingerprint density at radius 2 is 1.88 bits per heavy atom. The minimum absolute atomic E-state index is 0. The second-order valence-corrected chi connectivity index (χ2v) is 8.52. The molecule has 1 aromatic carbocycles. The summed E-state index contributed by atoms with van der Waals surface area (Å²) in [5.74, 6) is -0.0699. The van der Waals surface area contributed by atoms with Gasteiger partial charge in [-0.3, -0.25) is 4.79 Å². The van der Waals surface area contributed by atoms with Crippen LogP contribution in [0.25, 0.3) is 0 Å². The Bertz CT molecular complexity index is 697. The maximum Gasteiger partial charge on any atom is 0.243 e. The number of nitrogens with zero attached hydrogens (tertiary/aromatic N) is 1. The zero-order valence-electron chi connectivity index (χ0n) is 14.8. The zero-order valence-corrected chi connectivity index (χ0v) is 16.4. The standard InChI is InChI=1S/C17H25N3O4S.ClH/c1-13-2-4-15(5-3-13)25(22,23)20-9-6-14(7-10-20)19-17(21)16-12-24-11-8-18-16;/h2-5,14,16,18H,6-12H2,1H3,(H,19,21);1H. The lowest BCUT2D eigenvalue weighted by Gasteiger charge is -2.33. The number of benzene rings is 1. The Labute approximate surface area is 160 Å². The molecule has 0 aromatic heterocycles. The molecular formula is C17H26ClN3O4S. The Kier molecular flexibility index (Phi) is 7.42. The minimum atomic E-state index is -3.46. The predicted octanol–water partition coefficient (Wildman–Crippen LogP) is 0.675. The van der Waals surface area contributed by atoms with Gasteiger partial charge < -0.3 is 15.4 Å². The molecule has 2 aliphatic rings. The quantitative estimate of drug-likeness (QED) is 0.771. The van der Waals surface area contributed by atoms with Gasteiger partial charge in [0.15, 0.2) is 0 Å². The van der Waals surface area contributed by atoms with E-state index in [-0.39, 0.29) is 30.4 Å². The van der Waals surface area contributed by atoms with E-state index in [2.05, 4.69) is 10.6 Å². The zero-order chi connectivity index (χ0) is 17.9. The number of carbonyl (C=O) groups is 1. The Hall–Kier alpha value is -1.19. The molecule has 2 fully saturated rings. The number of piperidine rings is 1. The van der Waals surface area contributed by atoms with Gasteiger partial charge in [-0.25, -0.2) is 8.42 Å². The van der Waals surface area contributed by atoms with Crippen molar-refractivity contribution in [3.8, 4) is 0 Å². The number of sulfonamides is 1. The first-order chi connectivity index (χ1) is 12.0. The molecule has 2 heterocycles. The molecule has 1 atom stereocenters. The maximum absolute atomic E-state index is 12.7. The third-order valence-corrected chi connectivity index (χ3v) is 6.61. The molecule has 0 radical (unpaired) electrons. The molecule has 2 aliphatic heterocycles. The maximum atomic E-state index is 12.7. The fourth-order valence-corrected chi connectivity index (χ4v) is 4.61. The van der Waals surface area contributed by atoms with Crippen molar-refractivity contribution in [2.75, 3.05) is 32.8 Å². The molecule has 1 aromatic rings. The highest BCUT2D eigenvalue weighted by atomic mass is 35.5. The van der Waals surface area contributed by atoms with Crippen LogP contribution in [0.15, 0.2) is 29.2 Å². The first-order valence-corrected chi connectivity index (χ1v) is 10.1. The molecular weight excluding hydrogens is 378 g/mol. The van der Waals surface area contributed by atoms with E-state index >= 15 is 0 Å². The van der Waals surface area contributed by atoms with E-state index < -0.39 is 10.0 Å². The number of nitrogens with one attached hydrogen (secondary N) is 2. The first-order valence-electron chi connectivity index (χ1n) is 8.65. The molecule has 0 spiro atoms. The fraction of sp³-hybridized carbons (Fsp3) is 0.588. The molecule has 0 saturated carbocycles. The lowest BCUT2D eigenvalue weighted by molar-refractivity contribution is -0.126. The van der Waals surface area contributed by atoms with Crippen molar-refractivity contribution in [1.82, 2.24) is 14.9 Å². The average molecular weight is 404 g/mol. The van der Waals surface area contributed by atoms with Gasteiger partial charge in [0, 0.05) is 25.7 Å². The number of morpholine rings is 1. The summed E-state index contributed by atoms with van der Waals surface area (Å²) in [7, 11) is -3.46. The topological polar surface area (TPSA) is 87.7 Å². The third kappa shape index (κ3) is 4.95. The van der Waals surface area contributed by atoms with Gasteiger partial charge in [0.1, 0.15) is 6.04 Å². The monoisotopic (exact) mass is 403 g/mol. The normalized spacial score (nSPS) is 22.4. The second kappa shape index (κ2) is 9.14. The Morgan fingerprint density at radius 3 is 2.46 bits per heavy atom. The van der Waals surface area contributed by atoms with Gasteiger partial charge in [0.2, 0.25) is 15.9 Å². The van der Waals surface area contributed by atoms with Crippen LogP contribution < -0.4 is 10.6 Å². The molecule has 2 saturated heterocycles. The van der Waals surface area contributed by atoms with E-state index in [0.29, 0.717) is 50.6 Å². The summed E-state index contributed by atoms with van der Waals surface area (Å²) >= 11 is 0. The van der Waals surface area contributed by atoms with Crippen molar-refractivity contribution in [3.63, 3.8) is 0 Å². The number of hydrogen-bond donors (Lipinski definition) is 2. The highest BCUT2D eigenvalue weighted by molar-refractivity contribution is 7.89. The Morgan fingerprint density at radius 1 is 1.23 bits per heavy atom. The van der Waals surface area contributed by atoms with Crippen LogP contribution in [0.5, 0.6) is 0 Å². The largest absolute Gasteiger partial charge is 0.378 e. The molecule has 1 unspecified atom stereocenters. The summed E-state index contributed by atoms with van der Waals surface area (Å²) in [6.45, 7) is 4.43. The van der Waals surface area contributed by atoms with E-state index in [1.54, 1.807) is 24.3 Å². The van der Waals surface area contributed by atoms with E-state index in [9.17, 15) is 13.2 Å². The van der Waals surface area contributed by atoms with Crippen LogP contribution in [0.3, 0.4) is 0 Å². The van der Waals surface area contributed by atoms with E-state index in [4.69, 9.17) is 4.74 Å². The van der Waals surface area contributed by atoms with Crippen molar-refractivity contribution in [2.24, 2.45) is 0 Å². The highest BCUT2D eigenvalue weighted by Gasteiger charge is 2.31. The molecule has 146 valence electrons. The van der Waals surface area contributed by atoms with Crippen LogP contribution in [0.2, 0.25) is 0 Å². The summed E-state index contributed by atoms with van der Waals surface area (Å²) in [6, 6.07) is 6.59. The van der Waals surface area contributed by atoms with Gasteiger partial charge in [-0.05, 0) is 31.9 Å². The van der Waals surface area contributed by atoms with Gasteiger partial charge in [-0.1, -0.05) is 17.7 Å². The Balaban J connectivity index is 0.00000243. The van der Waals surface area contributed by atoms with Crippen LogP contribution >= 0.6 is 12.4 Å². The number of halogens is 1. The molecule has 2 N–H and O–H groups in total. The summed E-state index contributed by atoms with van der Waals surface area (Å²) in [6.07, 6.45) is 1.23. The minimum Gasteiger partial charge on any atom is -0.378 e. The SMILES string of the molecule is Cc1ccc(S(=O)(=O)N2CCC(NC(=O)C3COCCN3)CC2)cc1.Cl. The summed E-state index contributed by atoms with van der Waals surface area (Å²) < 4.78 is 32.2. The van der Waals surface area contributed by atoms with Crippen LogP contribution in [0.1, 0.15) is 18.4 Å². The number of amides is 1. The molecule has 9 heteroatoms. The molecule has 3 rings (SSSR count). The second-order valence-electron chi connectivity index (χ2n) is 6.58. The van der Waals surface area contributed by atoms with Crippen LogP contribution in [-0.2, 0) is 19.6 Å². The van der Waals surface area contributed by atoms with Crippen LogP contribution in [-0.4, -0.2) is 63.6 Å². The van der Waals surface area contributed by atoms with Crippen molar-refractivity contribution in [1.29, 1.82) is 0 Å². The van der Waals surface area contributed by atoms with Crippen LogP contribution in [0.4, 0.5) is 0 Å². The summed E-state index contributed by atoms with van der Waals surface area (Å²) in [5, 5.41) is 6.13. The molecule has 0 bridgehead atoms. The van der Waals surface area contributed by atoms with Crippen LogP contribution in [0, 0.1) is 6.92 Å². The molecule has 7 nitrogen and oxygen atoms in total. The van der Waals surface area contributed by atoms with Crippen molar-refractivity contribution in [2.45, 2.75) is 36.7 Å². The van der Waals surface area contributed by atoms with Gasteiger partial charge >= 0.3 is 0 Å². The lowest BCUT2D eigenvalue weighted by atomic mass is 10.1. The predicted molar refractivity (Wildman–Crippen MR) is 101 cm³/mol. The average Bonchev–Trinajstić information content (AvgIpc) is 2.63. The third-order valence-electron chi connectivity index (χ3n) is 4.70. The van der Waals surface area contributed by atoms with Crippen molar-refractivity contribution in [3.05, 3.63) is 29.8 Å². The number of aryl methyl sites for hydroxylation is 1. The molecule has 26 heavy (non-hydrogen) atoms. The number of ether oxygens (including phenoxy) is 1. The van der Waals surface area contributed by atoms with Gasteiger partial charge in [-0.2, -0.15) is 4.31 Å². The smallest absolute Gasteiger partial charge is 0.243 e. The lowest BCUT2D eigenvalue weighted by Crippen LogP contribution is -2.55. The number of rotatable bonds is 4. The summed E-state index contributed by atoms with van der Waals surface area (Å²) in [5.41, 5.74) is 1.03. The van der Waals surface area contributed by atoms with Gasteiger partial charge in [0.25, 0.3) is 0 Å². The van der Waals surface area contributed by atoms with Crippen molar-refractivity contribution >= 4 is 28.3 Å². The molecule has 0 aliphatic carbocycles. The van der Waals surface area contributed by atoms with E-state index in [1.165, 1.54) is 4.31 Å².